The summed E-state index contributed by atoms with van der Waals surface area (Å²) in [5, 5.41) is 12.4. The van der Waals surface area contributed by atoms with Crippen LogP contribution in [0.2, 0.25) is 0 Å². The Morgan fingerprint density at radius 2 is 2.05 bits per heavy atom. The van der Waals surface area contributed by atoms with Crippen molar-refractivity contribution in [3.05, 3.63) is 35.4 Å². The number of nitrogens with zero attached hydrogens (tertiary/aromatic N) is 1. The number of carboxylic acid groups (broad SMARTS) is 1. The van der Waals surface area contributed by atoms with Gasteiger partial charge in [-0.1, -0.05) is 26.0 Å². The molecule has 0 bridgehead atoms. The predicted molar refractivity (Wildman–Crippen MR) is 89.1 cm³/mol. The molecule has 0 saturated carbocycles. The van der Waals surface area contributed by atoms with E-state index in [0.29, 0.717) is 5.56 Å². The zero-order valence-electron chi connectivity index (χ0n) is 13.7. The minimum Gasteiger partial charge on any atom is -0.478 e. The average molecular weight is 304 g/mol. The van der Waals surface area contributed by atoms with Gasteiger partial charge in [0.15, 0.2) is 0 Å². The van der Waals surface area contributed by atoms with Crippen molar-refractivity contribution in [2.45, 2.75) is 33.2 Å². The molecule has 2 rings (SSSR count). The molecular weight excluding hydrogens is 276 g/mol. The molecule has 1 aromatic rings. The van der Waals surface area contributed by atoms with E-state index in [1.807, 2.05) is 6.07 Å². The zero-order chi connectivity index (χ0) is 15.9. The maximum Gasteiger partial charge on any atom is 0.335 e. The van der Waals surface area contributed by atoms with Crippen molar-refractivity contribution in [3.8, 4) is 0 Å². The van der Waals surface area contributed by atoms with Crippen LogP contribution in [-0.2, 0) is 6.54 Å². The number of benzene rings is 1. The number of aromatic carboxylic acids is 1. The number of nitrogens with one attached hydrogen (secondary N) is 1. The van der Waals surface area contributed by atoms with Crippen LogP contribution in [0.5, 0.6) is 0 Å². The second-order valence-electron chi connectivity index (χ2n) is 6.74. The summed E-state index contributed by atoms with van der Waals surface area (Å²) in [5.41, 5.74) is 1.38. The lowest BCUT2D eigenvalue weighted by Crippen LogP contribution is -2.39. The number of carboxylic acids is 1. The quantitative estimate of drug-likeness (QED) is 0.761. The molecule has 2 N–H and O–H groups in total. The van der Waals surface area contributed by atoms with E-state index in [0.717, 1.165) is 43.5 Å². The monoisotopic (exact) mass is 304 g/mol. The second-order valence-corrected chi connectivity index (χ2v) is 6.74. The Labute approximate surface area is 133 Å². The topological polar surface area (TPSA) is 52.6 Å². The first kappa shape index (κ1) is 17.0. The Morgan fingerprint density at radius 3 is 2.73 bits per heavy atom. The highest BCUT2D eigenvalue weighted by atomic mass is 16.4. The number of hydrogen-bond acceptors (Lipinski definition) is 3. The smallest absolute Gasteiger partial charge is 0.335 e. The number of piperidine rings is 1. The molecule has 1 fully saturated rings. The van der Waals surface area contributed by atoms with Gasteiger partial charge in [0.25, 0.3) is 0 Å². The fourth-order valence-electron chi connectivity index (χ4n) is 3.45. The molecule has 4 nitrogen and oxygen atoms in total. The molecule has 1 aromatic carbocycles. The molecule has 122 valence electrons. The lowest BCUT2D eigenvalue weighted by Gasteiger charge is -2.34. The van der Waals surface area contributed by atoms with Gasteiger partial charge < -0.3 is 15.3 Å². The van der Waals surface area contributed by atoms with E-state index in [2.05, 4.69) is 24.1 Å². The van der Waals surface area contributed by atoms with Crippen molar-refractivity contribution >= 4 is 5.97 Å². The van der Waals surface area contributed by atoms with Gasteiger partial charge in [-0.05, 0) is 55.5 Å². The van der Waals surface area contributed by atoms with Crippen molar-refractivity contribution in [1.29, 1.82) is 0 Å². The zero-order valence-corrected chi connectivity index (χ0v) is 13.7. The van der Waals surface area contributed by atoms with E-state index in [-0.39, 0.29) is 0 Å². The van der Waals surface area contributed by atoms with Crippen LogP contribution in [-0.4, -0.2) is 42.2 Å². The van der Waals surface area contributed by atoms with Crippen molar-refractivity contribution in [2.24, 2.45) is 11.8 Å². The number of carbonyl (C=O) groups is 1. The van der Waals surface area contributed by atoms with E-state index in [1.54, 1.807) is 18.2 Å². The van der Waals surface area contributed by atoms with Crippen molar-refractivity contribution in [1.82, 2.24) is 10.2 Å². The maximum absolute atomic E-state index is 10.9. The first-order chi connectivity index (χ1) is 10.5. The van der Waals surface area contributed by atoms with Gasteiger partial charge in [-0.3, -0.25) is 0 Å². The molecule has 0 radical (unpaired) electrons. The standard InChI is InChI=1S/C18H28N2O2/c1-14-9-15(2)13-20(12-14)8-4-7-19-11-16-5-3-6-17(10-16)18(21)22/h3,5-6,10,14-15,19H,4,7-9,11-13H2,1-2H3,(H,21,22). The van der Waals surface area contributed by atoms with Gasteiger partial charge in [0.2, 0.25) is 0 Å². The van der Waals surface area contributed by atoms with Crippen LogP contribution in [0.3, 0.4) is 0 Å². The van der Waals surface area contributed by atoms with E-state index < -0.39 is 5.97 Å². The lowest BCUT2D eigenvalue weighted by molar-refractivity contribution is 0.0696. The van der Waals surface area contributed by atoms with Gasteiger partial charge in [0, 0.05) is 19.6 Å². The summed E-state index contributed by atoms with van der Waals surface area (Å²) in [6.07, 6.45) is 2.49. The van der Waals surface area contributed by atoms with Crippen molar-refractivity contribution < 1.29 is 9.90 Å². The van der Waals surface area contributed by atoms with Crippen LogP contribution < -0.4 is 5.32 Å². The summed E-state index contributed by atoms with van der Waals surface area (Å²) in [7, 11) is 0. The average Bonchev–Trinajstić information content (AvgIpc) is 2.46. The molecule has 1 saturated heterocycles. The van der Waals surface area contributed by atoms with E-state index in [9.17, 15) is 4.79 Å². The Hall–Kier alpha value is -1.39. The molecule has 1 aliphatic heterocycles. The van der Waals surface area contributed by atoms with E-state index >= 15 is 0 Å². The number of likely N-dealkylation sites (tertiary alicyclic amines) is 1. The molecule has 22 heavy (non-hydrogen) atoms. The molecule has 1 heterocycles. The highest BCUT2D eigenvalue weighted by Gasteiger charge is 2.20. The Kier molecular flexibility index (Phi) is 6.40. The number of hydrogen-bond donors (Lipinski definition) is 2. The van der Waals surface area contributed by atoms with Gasteiger partial charge in [0.1, 0.15) is 0 Å². The lowest BCUT2D eigenvalue weighted by atomic mass is 9.92. The first-order valence-electron chi connectivity index (χ1n) is 8.30. The first-order valence-corrected chi connectivity index (χ1v) is 8.30. The molecule has 1 aliphatic rings. The largest absolute Gasteiger partial charge is 0.478 e. The third kappa shape index (κ3) is 5.43. The fraction of sp³-hybridized carbons (Fsp3) is 0.611. The summed E-state index contributed by atoms with van der Waals surface area (Å²) in [6, 6.07) is 7.14. The van der Waals surface area contributed by atoms with Crippen LogP contribution in [0, 0.1) is 11.8 Å². The normalized spacial score (nSPS) is 22.6. The van der Waals surface area contributed by atoms with Crippen LogP contribution in [0.1, 0.15) is 42.6 Å². The predicted octanol–water partition coefficient (Wildman–Crippen LogP) is 2.84. The molecule has 0 spiro atoms. The van der Waals surface area contributed by atoms with Gasteiger partial charge >= 0.3 is 5.97 Å². The van der Waals surface area contributed by atoms with Gasteiger partial charge in [0.05, 0.1) is 5.56 Å². The summed E-state index contributed by atoms with van der Waals surface area (Å²) >= 11 is 0. The van der Waals surface area contributed by atoms with Crippen LogP contribution in [0.15, 0.2) is 24.3 Å². The van der Waals surface area contributed by atoms with E-state index in [1.165, 1.54) is 19.5 Å². The molecule has 4 heteroatoms. The molecule has 0 aliphatic carbocycles. The third-order valence-electron chi connectivity index (χ3n) is 4.28. The fourth-order valence-corrected chi connectivity index (χ4v) is 3.45. The van der Waals surface area contributed by atoms with E-state index in [4.69, 9.17) is 5.11 Å². The van der Waals surface area contributed by atoms with Gasteiger partial charge in [-0.15, -0.1) is 0 Å². The van der Waals surface area contributed by atoms with Gasteiger partial charge in [-0.25, -0.2) is 4.79 Å². The molecular formula is C18H28N2O2. The summed E-state index contributed by atoms with van der Waals surface area (Å²) in [4.78, 5) is 13.5. The second kappa shape index (κ2) is 8.30. The highest BCUT2D eigenvalue weighted by Crippen LogP contribution is 2.20. The summed E-state index contributed by atoms with van der Waals surface area (Å²) in [6.45, 7) is 9.99. The van der Waals surface area contributed by atoms with Crippen molar-refractivity contribution in [3.63, 3.8) is 0 Å². The molecule has 2 unspecified atom stereocenters. The minimum atomic E-state index is -0.866. The maximum atomic E-state index is 10.9. The van der Waals surface area contributed by atoms with Crippen LogP contribution >= 0.6 is 0 Å². The Morgan fingerprint density at radius 1 is 1.32 bits per heavy atom. The SMILES string of the molecule is CC1CC(C)CN(CCCNCc2cccc(C(=O)O)c2)C1. The summed E-state index contributed by atoms with van der Waals surface area (Å²) < 4.78 is 0. The number of rotatable bonds is 7. The molecule has 0 amide bonds. The Bertz CT molecular complexity index is 480. The van der Waals surface area contributed by atoms with Gasteiger partial charge in [-0.2, -0.15) is 0 Å². The van der Waals surface area contributed by atoms with Crippen LogP contribution in [0.25, 0.3) is 0 Å². The molecule has 0 aromatic heterocycles. The van der Waals surface area contributed by atoms with Crippen molar-refractivity contribution in [2.75, 3.05) is 26.2 Å². The van der Waals surface area contributed by atoms with Crippen LogP contribution in [0.4, 0.5) is 0 Å². The molecule has 2 atom stereocenters. The third-order valence-corrected chi connectivity index (χ3v) is 4.28. The summed E-state index contributed by atoms with van der Waals surface area (Å²) in [5.74, 6) is 0.765. The minimum absolute atomic E-state index is 0.357. The highest BCUT2D eigenvalue weighted by molar-refractivity contribution is 5.87. The Balaban J connectivity index is 1.65.